The van der Waals surface area contributed by atoms with Crippen LogP contribution in [0.15, 0.2) is 30.9 Å². The van der Waals surface area contributed by atoms with Gasteiger partial charge in [-0.2, -0.15) is 0 Å². The predicted octanol–water partition coefficient (Wildman–Crippen LogP) is 3.36. The molecule has 1 aliphatic carbocycles. The number of H-pyrrole nitrogens is 1. The van der Waals surface area contributed by atoms with Gasteiger partial charge in [-0.3, -0.25) is 0 Å². The lowest BCUT2D eigenvalue weighted by Gasteiger charge is -2.37. The minimum Gasteiger partial charge on any atom is -0.381 e. The second kappa shape index (κ2) is 6.52. The number of rotatable bonds is 5. The Balaban J connectivity index is 1.55. The second-order valence-corrected chi connectivity index (χ2v) is 7.14. The molecule has 0 amide bonds. The summed E-state index contributed by atoms with van der Waals surface area (Å²) in [6.45, 7) is 2.02. The average Bonchev–Trinajstić information content (AvgIpc) is 3.26. The van der Waals surface area contributed by atoms with Crippen molar-refractivity contribution in [1.29, 1.82) is 0 Å². The van der Waals surface area contributed by atoms with Crippen molar-refractivity contribution in [2.45, 2.75) is 38.0 Å². The van der Waals surface area contributed by atoms with Crippen molar-refractivity contribution in [3.63, 3.8) is 0 Å². The largest absolute Gasteiger partial charge is 0.381 e. The van der Waals surface area contributed by atoms with E-state index < -0.39 is 0 Å². The second-order valence-electron chi connectivity index (χ2n) is 7.14. The van der Waals surface area contributed by atoms with E-state index in [2.05, 4.69) is 29.8 Å². The van der Waals surface area contributed by atoms with E-state index in [9.17, 15) is 4.39 Å². The van der Waals surface area contributed by atoms with Crippen molar-refractivity contribution < 1.29 is 9.13 Å². The van der Waals surface area contributed by atoms with Gasteiger partial charge in [0.25, 0.3) is 0 Å². The predicted molar refractivity (Wildman–Crippen MR) is 102 cm³/mol. The van der Waals surface area contributed by atoms with Crippen molar-refractivity contribution in [3.05, 3.63) is 42.5 Å². The third-order valence-electron chi connectivity index (χ3n) is 5.40. The molecule has 9 heteroatoms. The summed E-state index contributed by atoms with van der Waals surface area (Å²) >= 11 is 0. The van der Waals surface area contributed by atoms with Crippen LogP contribution in [-0.4, -0.2) is 42.7 Å². The summed E-state index contributed by atoms with van der Waals surface area (Å²) in [7, 11) is 1.72. The number of imidazole rings is 2. The van der Waals surface area contributed by atoms with Gasteiger partial charge >= 0.3 is 0 Å². The average molecular weight is 381 g/mol. The fourth-order valence-electron chi connectivity index (χ4n) is 3.86. The summed E-state index contributed by atoms with van der Waals surface area (Å²) in [5.74, 6) is 1.20. The lowest BCUT2D eigenvalue weighted by molar-refractivity contribution is 0.00642. The third kappa shape index (κ3) is 2.70. The number of nitrogens with one attached hydrogen (secondary N) is 2. The first kappa shape index (κ1) is 17.1. The van der Waals surface area contributed by atoms with Crippen molar-refractivity contribution in [1.82, 2.24) is 29.5 Å². The Hall–Kier alpha value is -3.07. The van der Waals surface area contributed by atoms with Gasteiger partial charge < -0.3 is 19.6 Å². The van der Waals surface area contributed by atoms with Crippen LogP contribution in [0.2, 0.25) is 0 Å². The van der Waals surface area contributed by atoms with Gasteiger partial charge in [0, 0.05) is 13.2 Å². The molecule has 1 aliphatic rings. The normalized spacial score (nSPS) is 20.4. The van der Waals surface area contributed by atoms with Crippen LogP contribution < -0.4 is 5.32 Å². The molecule has 1 aromatic carbocycles. The summed E-state index contributed by atoms with van der Waals surface area (Å²) in [5.41, 5.74) is 2.92. The number of nitrogens with zero attached hydrogens (tertiary/aromatic N) is 5. The van der Waals surface area contributed by atoms with Crippen LogP contribution in [0.1, 0.15) is 37.7 Å². The maximum absolute atomic E-state index is 13.9. The van der Waals surface area contributed by atoms with Gasteiger partial charge in [0.1, 0.15) is 23.5 Å². The van der Waals surface area contributed by atoms with Crippen LogP contribution in [-0.2, 0) is 4.74 Å². The standard InChI is InChI=1S/C19H20FN7O/c1-10(25-18-16-17(22-8-21-16)23-9-24-18)19-26-14-4-3-11(20)5-15(14)27(19)12-6-13(7-12)28-2/h3-5,8-10,12-13H,6-7H2,1-2H3,(H2,21,22,23,24,25)/t10-,12-,13-/m0/s1. The molecule has 0 radical (unpaired) electrons. The molecule has 5 rings (SSSR count). The van der Waals surface area contributed by atoms with E-state index in [1.165, 1.54) is 12.4 Å². The van der Waals surface area contributed by atoms with E-state index >= 15 is 0 Å². The van der Waals surface area contributed by atoms with E-state index in [1.54, 1.807) is 25.6 Å². The first-order valence-corrected chi connectivity index (χ1v) is 9.25. The minimum atomic E-state index is -0.266. The van der Waals surface area contributed by atoms with E-state index in [-0.39, 0.29) is 24.0 Å². The van der Waals surface area contributed by atoms with Gasteiger partial charge in [0.05, 0.1) is 29.5 Å². The Morgan fingerprint density at radius 1 is 1.29 bits per heavy atom. The van der Waals surface area contributed by atoms with Gasteiger partial charge in [-0.05, 0) is 38.0 Å². The molecule has 144 valence electrons. The molecule has 2 N–H and O–H groups in total. The van der Waals surface area contributed by atoms with Gasteiger partial charge in [0.15, 0.2) is 11.5 Å². The highest BCUT2D eigenvalue weighted by Crippen LogP contribution is 2.39. The molecule has 0 aliphatic heterocycles. The number of halogens is 1. The number of anilines is 1. The van der Waals surface area contributed by atoms with Crippen LogP contribution in [0.25, 0.3) is 22.2 Å². The van der Waals surface area contributed by atoms with Crippen molar-refractivity contribution in [2.24, 2.45) is 0 Å². The van der Waals surface area contributed by atoms with Gasteiger partial charge in [-0.1, -0.05) is 0 Å². The SMILES string of the molecule is CO[C@H]1C[C@H](n2c([C@H](C)Nc3ncnc4[nH]cnc34)nc3ccc(F)cc32)C1. The number of aromatic nitrogens is 6. The minimum absolute atomic E-state index is 0.160. The molecule has 3 heterocycles. The van der Waals surface area contributed by atoms with Gasteiger partial charge in [-0.15, -0.1) is 0 Å². The first-order chi connectivity index (χ1) is 13.6. The number of benzene rings is 1. The smallest absolute Gasteiger partial charge is 0.162 e. The molecule has 3 aromatic heterocycles. The van der Waals surface area contributed by atoms with Crippen molar-refractivity contribution in [3.8, 4) is 0 Å². The molecule has 0 saturated heterocycles. The number of ether oxygens (including phenoxy) is 1. The lowest BCUT2D eigenvalue weighted by Crippen LogP contribution is -2.34. The maximum Gasteiger partial charge on any atom is 0.162 e. The number of aromatic amines is 1. The van der Waals surface area contributed by atoms with Gasteiger partial charge in [0.2, 0.25) is 0 Å². The number of fused-ring (bicyclic) bond motifs is 2. The zero-order chi connectivity index (χ0) is 19.3. The maximum atomic E-state index is 13.9. The summed E-state index contributed by atoms with van der Waals surface area (Å²) in [6, 6.07) is 4.78. The Morgan fingerprint density at radius 3 is 2.96 bits per heavy atom. The van der Waals surface area contributed by atoms with Crippen LogP contribution in [0.3, 0.4) is 0 Å². The Bertz CT molecular complexity index is 1150. The highest BCUT2D eigenvalue weighted by Gasteiger charge is 2.34. The third-order valence-corrected chi connectivity index (χ3v) is 5.40. The quantitative estimate of drug-likeness (QED) is 0.551. The van der Waals surface area contributed by atoms with E-state index in [1.807, 2.05) is 6.92 Å². The zero-order valence-electron chi connectivity index (χ0n) is 15.6. The van der Waals surface area contributed by atoms with Crippen LogP contribution >= 0.6 is 0 Å². The van der Waals surface area contributed by atoms with E-state index in [0.717, 1.165) is 29.7 Å². The van der Waals surface area contributed by atoms with E-state index in [4.69, 9.17) is 9.72 Å². The highest BCUT2D eigenvalue weighted by molar-refractivity contribution is 5.82. The molecular weight excluding hydrogens is 361 g/mol. The van der Waals surface area contributed by atoms with Gasteiger partial charge in [-0.25, -0.2) is 24.3 Å². The molecule has 4 aromatic rings. The van der Waals surface area contributed by atoms with Crippen LogP contribution in [0.4, 0.5) is 10.2 Å². The molecule has 28 heavy (non-hydrogen) atoms. The molecule has 1 atom stereocenters. The molecule has 0 spiro atoms. The Morgan fingerprint density at radius 2 is 2.14 bits per heavy atom. The Labute approximate surface area is 160 Å². The topological polar surface area (TPSA) is 93.5 Å². The number of hydrogen-bond acceptors (Lipinski definition) is 6. The Kier molecular flexibility index (Phi) is 3.97. The van der Waals surface area contributed by atoms with Crippen molar-refractivity contribution in [2.75, 3.05) is 12.4 Å². The lowest BCUT2D eigenvalue weighted by atomic mass is 9.88. The van der Waals surface area contributed by atoms with Crippen LogP contribution in [0, 0.1) is 5.82 Å². The zero-order valence-corrected chi connectivity index (χ0v) is 15.6. The molecule has 8 nitrogen and oxygen atoms in total. The number of methoxy groups -OCH3 is 1. The van der Waals surface area contributed by atoms with Crippen molar-refractivity contribution >= 4 is 28.0 Å². The van der Waals surface area contributed by atoms with Crippen LogP contribution in [0.5, 0.6) is 0 Å². The summed E-state index contributed by atoms with van der Waals surface area (Å²) in [5, 5.41) is 3.39. The highest BCUT2D eigenvalue weighted by atomic mass is 19.1. The fourth-order valence-corrected chi connectivity index (χ4v) is 3.86. The first-order valence-electron chi connectivity index (χ1n) is 9.25. The molecular formula is C19H20FN7O. The molecule has 0 unspecified atom stereocenters. The summed E-state index contributed by atoms with van der Waals surface area (Å²) < 4.78 is 21.5. The molecule has 1 fully saturated rings. The summed E-state index contributed by atoms with van der Waals surface area (Å²) in [6.07, 6.45) is 5.08. The summed E-state index contributed by atoms with van der Waals surface area (Å²) in [4.78, 5) is 20.6. The fraction of sp³-hybridized carbons (Fsp3) is 0.368. The van der Waals surface area contributed by atoms with E-state index in [0.29, 0.717) is 17.0 Å². The molecule has 0 bridgehead atoms. The monoisotopic (exact) mass is 381 g/mol. The molecule has 1 saturated carbocycles. The number of hydrogen-bond donors (Lipinski definition) is 2.